The third-order valence-electron chi connectivity index (χ3n) is 4.68. The van der Waals surface area contributed by atoms with Gasteiger partial charge >= 0.3 is 5.97 Å². The lowest BCUT2D eigenvalue weighted by atomic mass is 9.97. The molecule has 0 aliphatic rings. The van der Waals surface area contributed by atoms with E-state index in [0.717, 1.165) is 28.2 Å². The number of aromatic nitrogens is 1. The van der Waals surface area contributed by atoms with Crippen LogP contribution in [0.5, 0.6) is 0 Å². The Hall–Kier alpha value is -2.99. The minimum Gasteiger partial charge on any atom is -0.451 e. The highest BCUT2D eigenvalue weighted by Gasteiger charge is 2.21. The van der Waals surface area contributed by atoms with Gasteiger partial charge in [-0.1, -0.05) is 62.4 Å². The molecule has 3 rings (SSSR count). The number of hydrogen-bond acceptors (Lipinski definition) is 5. The molecule has 1 aromatic heterocycles. The van der Waals surface area contributed by atoms with E-state index in [1.54, 1.807) is 0 Å². The van der Waals surface area contributed by atoms with Gasteiger partial charge in [0.05, 0.1) is 10.7 Å². The average Bonchev–Trinajstić information content (AvgIpc) is 3.14. The first-order valence-electron chi connectivity index (χ1n) is 9.58. The Morgan fingerprint density at radius 1 is 1.10 bits per heavy atom. The van der Waals surface area contributed by atoms with Crippen molar-refractivity contribution in [1.82, 2.24) is 4.98 Å². The number of thiazole rings is 1. The molecule has 0 aliphatic carbocycles. The van der Waals surface area contributed by atoms with Crippen LogP contribution in [0.1, 0.15) is 46.4 Å². The number of hydrogen-bond donors (Lipinski definition) is 1. The van der Waals surface area contributed by atoms with Gasteiger partial charge in [-0.15, -0.1) is 11.3 Å². The Morgan fingerprint density at radius 2 is 1.79 bits per heavy atom. The molecule has 29 heavy (non-hydrogen) atoms. The second kappa shape index (κ2) is 9.47. The maximum Gasteiger partial charge on any atom is 0.351 e. The van der Waals surface area contributed by atoms with Gasteiger partial charge in [-0.25, -0.2) is 9.78 Å². The summed E-state index contributed by atoms with van der Waals surface area (Å²) in [5.41, 5.74) is 3.25. The van der Waals surface area contributed by atoms with Gasteiger partial charge in [-0.3, -0.25) is 4.79 Å². The first-order chi connectivity index (χ1) is 14.0. The molecular weight excluding hydrogens is 384 g/mol. The second-order valence-electron chi connectivity index (χ2n) is 6.80. The lowest BCUT2D eigenvalue weighted by molar-refractivity contribution is -0.119. The summed E-state index contributed by atoms with van der Waals surface area (Å²) in [7, 11) is 0. The Kier molecular flexibility index (Phi) is 6.77. The summed E-state index contributed by atoms with van der Waals surface area (Å²) in [6.07, 6.45) is 0.967. The number of nitrogens with one attached hydrogen (secondary N) is 1. The van der Waals surface area contributed by atoms with Crippen LogP contribution < -0.4 is 5.32 Å². The molecule has 6 heteroatoms. The van der Waals surface area contributed by atoms with E-state index in [0.29, 0.717) is 16.5 Å². The summed E-state index contributed by atoms with van der Waals surface area (Å²) in [5.74, 6) is -0.584. The number of para-hydroxylation sites is 1. The fourth-order valence-electron chi connectivity index (χ4n) is 3.00. The van der Waals surface area contributed by atoms with Crippen LogP contribution in [0.3, 0.4) is 0 Å². The van der Waals surface area contributed by atoms with Crippen LogP contribution in [0.15, 0.2) is 54.6 Å². The molecule has 0 radical (unpaired) electrons. The number of nitrogens with zero attached hydrogens (tertiary/aromatic N) is 1. The number of esters is 1. The van der Waals surface area contributed by atoms with E-state index in [-0.39, 0.29) is 12.5 Å². The molecule has 0 unspecified atom stereocenters. The van der Waals surface area contributed by atoms with Crippen molar-refractivity contribution >= 4 is 28.9 Å². The third-order valence-corrected chi connectivity index (χ3v) is 5.63. The van der Waals surface area contributed by atoms with Crippen LogP contribution in [-0.2, 0) is 9.53 Å². The number of rotatable bonds is 7. The second-order valence-corrected chi connectivity index (χ2v) is 8.00. The van der Waals surface area contributed by atoms with Gasteiger partial charge in [0.2, 0.25) is 0 Å². The van der Waals surface area contributed by atoms with Crippen molar-refractivity contribution in [1.29, 1.82) is 0 Å². The summed E-state index contributed by atoms with van der Waals surface area (Å²) in [4.78, 5) is 29.8. The maximum absolute atomic E-state index is 12.6. The summed E-state index contributed by atoms with van der Waals surface area (Å²) < 4.78 is 5.28. The van der Waals surface area contributed by atoms with Crippen LogP contribution in [0, 0.1) is 6.92 Å². The highest BCUT2D eigenvalue weighted by molar-refractivity contribution is 7.14. The van der Waals surface area contributed by atoms with E-state index in [9.17, 15) is 9.59 Å². The first kappa shape index (κ1) is 20.7. The average molecular weight is 409 g/mol. The third kappa shape index (κ3) is 5.09. The zero-order valence-corrected chi connectivity index (χ0v) is 17.6. The van der Waals surface area contributed by atoms with Gasteiger partial charge in [0, 0.05) is 11.3 Å². The van der Waals surface area contributed by atoms with Gasteiger partial charge in [-0.2, -0.15) is 0 Å². The quantitative estimate of drug-likeness (QED) is 0.530. The van der Waals surface area contributed by atoms with Crippen molar-refractivity contribution in [3.8, 4) is 11.3 Å². The van der Waals surface area contributed by atoms with Crippen molar-refractivity contribution in [2.24, 2.45) is 0 Å². The largest absolute Gasteiger partial charge is 0.451 e. The number of carbonyl (C=O) groups is 2. The molecule has 1 N–H and O–H groups in total. The fraction of sp³-hybridized carbons (Fsp3) is 0.261. The van der Waals surface area contributed by atoms with Crippen LogP contribution in [0.2, 0.25) is 0 Å². The molecule has 0 bridgehead atoms. The zero-order valence-electron chi connectivity index (χ0n) is 16.8. The number of carbonyl (C=O) groups excluding carboxylic acids is 2. The maximum atomic E-state index is 12.6. The topological polar surface area (TPSA) is 68.3 Å². The number of ether oxygens (including phenoxy) is 1. The minimum atomic E-state index is -0.542. The number of amides is 1. The van der Waals surface area contributed by atoms with Crippen LogP contribution >= 0.6 is 11.3 Å². The van der Waals surface area contributed by atoms with Crippen molar-refractivity contribution < 1.29 is 14.3 Å². The summed E-state index contributed by atoms with van der Waals surface area (Å²) in [6.45, 7) is 5.71. The van der Waals surface area contributed by atoms with Crippen molar-refractivity contribution in [3.63, 3.8) is 0 Å². The summed E-state index contributed by atoms with van der Waals surface area (Å²) >= 11 is 1.26. The molecule has 0 saturated heterocycles. The molecule has 150 valence electrons. The molecule has 0 aliphatic heterocycles. The Labute approximate surface area is 174 Å². The monoisotopic (exact) mass is 408 g/mol. The van der Waals surface area contributed by atoms with E-state index in [1.807, 2.05) is 61.5 Å². The van der Waals surface area contributed by atoms with E-state index < -0.39 is 5.97 Å². The molecule has 1 amide bonds. The smallest absolute Gasteiger partial charge is 0.351 e. The van der Waals surface area contributed by atoms with Gasteiger partial charge in [0.1, 0.15) is 4.88 Å². The SMILES string of the molecule is CC[C@@H](C)c1ccccc1NC(=O)COC(=O)c1sc(C)nc1-c1ccccc1. The number of anilines is 1. The zero-order chi connectivity index (χ0) is 20.8. The molecule has 1 atom stereocenters. The van der Waals surface area contributed by atoms with Gasteiger partial charge in [-0.05, 0) is 30.9 Å². The Morgan fingerprint density at radius 3 is 2.52 bits per heavy atom. The Bertz CT molecular complexity index is 998. The van der Waals surface area contributed by atoms with Crippen molar-refractivity contribution in [2.45, 2.75) is 33.1 Å². The van der Waals surface area contributed by atoms with Gasteiger partial charge < -0.3 is 10.1 Å². The van der Waals surface area contributed by atoms with E-state index in [2.05, 4.69) is 24.1 Å². The molecule has 1 heterocycles. The van der Waals surface area contributed by atoms with Crippen LogP contribution in [0.4, 0.5) is 5.69 Å². The van der Waals surface area contributed by atoms with Gasteiger partial charge in [0.25, 0.3) is 5.91 Å². The molecule has 0 fully saturated rings. The molecule has 5 nitrogen and oxygen atoms in total. The normalized spacial score (nSPS) is 11.7. The summed E-state index contributed by atoms with van der Waals surface area (Å²) in [5, 5.41) is 3.62. The van der Waals surface area contributed by atoms with E-state index in [4.69, 9.17) is 4.74 Å². The predicted molar refractivity (Wildman–Crippen MR) is 116 cm³/mol. The highest BCUT2D eigenvalue weighted by atomic mass is 32.1. The standard InChI is InChI=1S/C23H24N2O3S/c1-4-15(2)18-12-8-9-13-19(18)25-20(26)14-28-23(27)22-21(24-16(3)29-22)17-10-6-5-7-11-17/h5-13,15H,4,14H2,1-3H3,(H,25,26)/t15-/m1/s1. The van der Waals surface area contributed by atoms with Crippen LogP contribution in [0.25, 0.3) is 11.3 Å². The van der Waals surface area contributed by atoms with Crippen molar-refractivity contribution in [3.05, 3.63) is 70.0 Å². The molecule has 2 aromatic carbocycles. The Balaban J connectivity index is 1.67. The minimum absolute atomic E-state index is 0.322. The molecule has 3 aromatic rings. The highest BCUT2D eigenvalue weighted by Crippen LogP contribution is 2.29. The summed E-state index contributed by atoms with van der Waals surface area (Å²) in [6, 6.07) is 17.2. The first-order valence-corrected chi connectivity index (χ1v) is 10.4. The lowest BCUT2D eigenvalue weighted by Crippen LogP contribution is -2.21. The lowest BCUT2D eigenvalue weighted by Gasteiger charge is -2.15. The fourth-order valence-corrected chi connectivity index (χ4v) is 3.84. The van der Waals surface area contributed by atoms with Crippen molar-refractivity contribution in [2.75, 3.05) is 11.9 Å². The molecule has 0 spiro atoms. The van der Waals surface area contributed by atoms with E-state index >= 15 is 0 Å². The predicted octanol–water partition coefficient (Wildman–Crippen LogP) is 5.43. The number of aryl methyl sites for hydroxylation is 1. The molecule has 0 saturated carbocycles. The van der Waals surface area contributed by atoms with E-state index in [1.165, 1.54) is 11.3 Å². The van der Waals surface area contributed by atoms with Crippen LogP contribution in [-0.4, -0.2) is 23.5 Å². The van der Waals surface area contributed by atoms with Gasteiger partial charge in [0.15, 0.2) is 6.61 Å². The molecular formula is C23H24N2O3S. The number of benzene rings is 2.